The predicted molar refractivity (Wildman–Crippen MR) is 61.2 cm³/mol. The molecule has 0 radical (unpaired) electrons. The van der Waals surface area contributed by atoms with Gasteiger partial charge < -0.3 is 0 Å². The summed E-state index contributed by atoms with van der Waals surface area (Å²) >= 11 is 10.9. The van der Waals surface area contributed by atoms with Crippen LogP contribution in [0.5, 0.6) is 0 Å². The topological polar surface area (TPSA) is 25.8 Å². The first-order valence-electron chi connectivity index (χ1n) is 3.88. The van der Waals surface area contributed by atoms with E-state index in [-0.39, 0.29) is 0 Å². The number of thioether (sulfide) groups is 1. The van der Waals surface area contributed by atoms with E-state index < -0.39 is 0 Å². The molecule has 13 heavy (non-hydrogen) atoms. The van der Waals surface area contributed by atoms with Crippen molar-refractivity contribution in [2.24, 2.45) is 0 Å². The Balaban J connectivity index is 2.63. The molecule has 2 nitrogen and oxygen atoms in total. The number of aromatic nitrogens is 2. The van der Waals surface area contributed by atoms with Gasteiger partial charge >= 0.3 is 0 Å². The Morgan fingerprint density at radius 3 is 2.85 bits per heavy atom. The summed E-state index contributed by atoms with van der Waals surface area (Å²) in [4.78, 5) is 8.28. The molecule has 0 saturated heterocycles. The lowest BCUT2D eigenvalue weighted by atomic mass is 10.6. The standard InChI is InChI=1S/C8H10BrClN2S/c1-5(2)13-4-7-11-3-6(9)8(10)12-7/h3,5H,4H2,1-2H3. The van der Waals surface area contributed by atoms with Gasteiger partial charge in [-0.25, -0.2) is 9.97 Å². The second-order valence-electron chi connectivity index (χ2n) is 2.78. The normalized spacial score (nSPS) is 10.8. The molecule has 0 fully saturated rings. The van der Waals surface area contributed by atoms with Crippen LogP contribution in [0.2, 0.25) is 5.15 Å². The molecule has 1 aromatic heterocycles. The van der Waals surface area contributed by atoms with Crippen molar-refractivity contribution in [3.05, 3.63) is 21.6 Å². The van der Waals surface area contributed by atoms with Gasteiger partial charge in [-0.05, 0) is 21.2 Å². The molecular weight excluding hydrogens is 272 g/mol. The molecule has 0 aliphatic carbocycles. The maximum Gasteiger partial charge on any atom is 0.146 e. The molecule has 0 aliphatic rings. The first kappa shape index (κ1) is 11.3. The summed E-state index contributed by atoms with van der Waals surface area (Å²) in [5, 5.41) is 1.07. The molecule has 1 aromatic rings. The Kier molecular flexibility index (Phi) is 4.49. The fourth-order valence-corrected chi connectivity index (χ4v) is 1.65. The van der Waals surface area contributed by atoms with Crippen LogP contribution >= 0.6 is 39.3 Å². The van der Waals surface area contributed by atoms with Crippen molar-refractivity contribution in [2.75, 3.05) is 0 Å². The Morgan fingerprint density at radius 2 is 2.31 bits per heavy atom. The van der Waals surface area contributed by atoms with Gasteiger partial charge in [-0.15, -0.1) is 0 Å². The maximum absolute atomic E-state index is 5.82. The summed E-state index contributed by atoms with van der Waals surface area (Å²) in [6.45, 7) is 4.29. The minimum absolute atomic E-state index is 0.481. The lowest BCUT2D eigenvalue weighted by Gasteiger charge is -2.03. The molecule has 0 aromatic carbocycles. The predicted octanol–water partition coefficient (Wildman–Crippen LogP) is 3.53. The molecule has 0 N–H and O–H groups in total. The summed E-state index contributed by atoms with van der Waals surface area (Å²) in [7, 11) is 0. The van der Waals surface area contributed by atoms with Crippen LogP contribution in [0.4, 0.5) is 0 Å². The zero-order valence-corrected chi connectivity index (χ0v) is 10.6. The molecule has 0 spiro atoms. The Bertz CT molecular complexity index is 293. The third kappa shape index (κ3) is 3.83. The lowest BCUT2D eigenvalue weighted by molar-refractivity contribution is 1.01. The number of rotatable bonds is 3. The number of nitrogens with zero attached hydrogens (tertiary/aromatic N) is 2. The first-order chi connectivity index (χ1) is 6.09. The van der Waals surface area contributed by atoms with Gasteiger partial charge in [-0.3, -0.25) is 0 Å². The zero-order valence-electron chi connectivity index (χ0n) is 7.42. The average molecular weight is 282 g/mol. The summed E-state index contributed by atoms with van der Waals surface area (Å²) in [5.74, 6) is 1.59. The van der Waals surface area contributed by atoms with Gasteiger partial charge in [0.2, 0.25) is 0 Å². The van der Waals surface area contributed by atoms with Gasteiger partial charge in [-0.2, -0.15) is 11.8 Å². The third-order valence-corrected chi connectivity index (χ3v) is 3.49. The van der Waals surface area contributed by atoms with Crippen molar-refractivity contribution in [3.63, 3.8) is 0 Å². The summed E-state index contributed by atoms with van der Waals surface area (Å²) < 4.78 is 0.743. The minimum Gasteiger partial charge on any atom is -0.239 e. The Morgan fingerprint density at radius 1 is 1.62 bits per heavy atom. The Hall–Kier alpha value is 0.200. The minimum atomic E-state index is 0.481. The van der Waals surface area contributed by atoms with E-state index in [4.69, 9.17) is 11.6 Å². The Labute approximate surface area is 95.6 Å². The monoisotopic (exact) mass is 280 g/mol. The number of halogens is 2. The van der Waals surface area contributed by atoms with Crippen molar-refractivity contribution in [1.29, 1.82) is 0 Å². The van der Waals surface area contributed by atoms with Crippen molar-refractivity contribution >= 4 is 39.3 Å². The zero-order chi connectivity index (χ0) is 9.84. The van der Waals surface area contributed by atoms with Gasteiger partial charge in [0.15, 0.2) is 0 Å². The van der Waals surface area contributed by atoms with Gasteiger partial charge in [0.25, 0.3) is 0 Å². The highest BCUT2D eigenvalue weighted by Crippen LogP contribution is 2.20. The van der Waals surface area contributed by atoms with Gasteiger partial charge in [-0.1, -0.05) is 25.4 Å². The molecule has 0 atom stereocenters. The average Bonchev–Trinajstić information content (AvgIpc) is 2.07. The van der Waals surface area contributed by atoms with E-state index in [1.807, 2.05) is 0 Å². The first-order valence-corrected chi connectivity index (χ1v) is 6.10. The smallest absolute Gasteiger partial charge is 0.146 e. The van der Waals surface area contributed by atoms with Crippen LogP contribution in [-0.4, -0.2) is 15.2 Å². The van der Waals surface area contributed by atoms with Gasteiger partial charge in [0.05, 0.1) is 10.2 Å². The van der Waals surface area contributed by atoms with E-state index in [1.165, 1.54) is 0 Å². The molecule has 0 unspecified atom stereocenters. The molecule has 0 saturated carbocycles. The van der Waals surface area contributed by atoms with Gasteiger partial charge in [0.1, 0.15) is 11.0 Å². The number of hydrogen-bond acceptors (Lipinski definition) is 3. The number of hydrogen-bond donors (Lipinski definition) is 0. The van der Waals surface area contributed by atoms with Crippen LogP contribution in [-0.2, 0) is 5.75 Å². The van der Waals surface area contributed by atoms with Crippen molar-refractivity contribution in [3.8, 4) is 0 Å². The van der Waals surface area contributed by atoms with Crippen molar-refractivity contribution < 1.29 is 0 Å². The van der Waals surface area contributed by atoms with Gasteiger partial charge in [0, 0.05) is 6.20 Å². The lowest BCUT2D eigenvalue weighted by Crippen LogP contribution is -1.95. The molecule has 72 valence electrons. The van der Waals surface area contributed by atoms with E-state index in [0.29, 0.717) is 10.4 Å². The van der Waals surface area contributed by atoms with E-state index in [0.717, 1.165) is 16.0 Å². The highest BCUT2D eigenvalue weighted by Gasteiger charge is 2.03. The molecule has 0 amide bonds. The fourth-order valence-electron chi connectivity index (χ4n) is 0.691. The van der Waals surface area contributed by atoms with E-state index in [1.54, 1.807) is 18.0 Å². The van der Waals surface area contributed by atoms with Crippen LogP contribution in [0.1, 0.15) is 19.7 Å². The van der Waals surface area contributed by atoms with E-state index in [2.05, 4.69) is 39.7 Å². The second kappa shape index (κ2) is 5.17. The SMILES string of the molecule is CC(C)SCc1ncc(Br)c(Cl)n1. The highest BCUT2D eigenvalue weighted by atomic mass is 79.9. The molecule has 1 rings (SSSR count). The largest absolute Gasteiger partial charge is 0.239 e. The fraction of sp³-hybridized carbons (Fsp3) is 0.500. The van der Waals surface area contributed by atoms with E-state index in [9.17, 15) is 0 Å². The molecule has 0 aliphatic heterocycles. The molecule has 5 heteroatoms. The van der Waals surface area contributed by atoms with Crippen LogP contribution in [0.15, 0.2) is 10.7 Å². The quantitative estimate of drug-likeness (QED) is 0.793. The molecular formula is C8H10BrClN2S. The molecule has 1 heterocycles. The van der Waals surface area contributed by atoms with Crippen LogP contribution < -0.4 is 0 Å². The summed E-state index contributed by atoms with van der Waals surface area (Å²) in [6.07, 6.45) is 1.69. The van der Waals surface area contributed by atoms with Crippen molar-refractivity contribution in [1.82, 2.24) is 9.97 Å². The second-order valence-corrected chi connectivity index (χ2v) is 5.56. The van der Waals surface area contributed by atoms with Crippen LogP contribution in [0.25, 0.3) is 0 Å². The highest BCUT2D eigenvalue weighted by molar-refractivity contribution is 9.10. The summed E-state index contributed by atoms with van der Waals surface area (Å²) in [6, 6.07) is 0. The molecule has 0 bridgehead atoms. The summed E-state index contributed by atoms with van der Waals surface area (Å²) in [5.41, 5.74) is 0. The van der Waals surface area contributed by atoms with E-state index >= 15 is 0 Å². The maximum atomic E-state index is 5.82. The van der Waals surface area contributed by atoms with Crippen LogP contribution in [0.3, 0.4) is 0 Å². The van der Waals surface area contributed by atoms with Crippen molar-refractivity contribution in [2.45, 2.75) is 24.9 Å². The third-order valence-electron chi connectivity index (χ3n) is 1.30. The van der Waals surface area contributed by atoms with Crippen LogP contribution in [0, 0.1) is 0 Å².